The van der Waals surface area contributed by atoms with Crippen molar-refractivity contribution >= 4 is 38.3 Å². The van der Waals surface area contributed by atoms with Crippen molar-refractivity contribution in [1.29, 1.82) is 0 Å². The molecule has 0 bridgehead atoms. The number of benzene rings is 4. The Kier molecular flexibility index (Phi) is 8.72. The van der Waals surface area contributed by atoms with Gasteiger partial charge in [0, 0.05) is 30.3 Å². The van der Waals surface area contributed by atoms with E-state index >= 15 is 0 Å². The van der Waals surface area contributed by atoms with Gasteiger partial charge in [0.25, 0.3) is 0 Å². The second-order valence-corrected chi connectivity index (χ2v) is 15.2. The fourth-order valence-corrected chi connectivity index (χ4v) is 7.44. The van der Waals surface area contributed by atoms with Crippen molar-refractivity contribution in [3.05, 3.63) is 114 Å². The van der Waals surface area contributed by atoms with Crippen molar-refractivity contribution in [2.75, 3.05) is 23.7 Å². The molecule has 8 nitrogen and oxygen atoms in total. The molecule has 46 heavy (non-hydrogen) atoms. The molecule has 0 aliphatic carbocycles. The minimum absolute atomic E-state index is 0.187. The van der Waals surface area contributed by atoms with E-state index in [1.807, 2.05) is 85.8 Å². The molecule has 4 aromatic carbocycles. The highest BCUT2D eigenvalue weighted by Gasteiger charge is 2.30. The first-order valence-electron chi connectivity index (χ1n) is 15.8. The summed E-state index contributed by atoms with van der Waals surface area (Å²) in [4.78, 5) is 13.5. The molecule has 1 saturated heterocycles. The quantitative estimate of drug-likeness (QED) is 0.190. The van der Waals surface area contributed by atoms with Crippen LogP contribution in [0, 0.1) is 12.8 Å². The molecule has 0 atom stereocenters. The molecule has 5 aromatic rings. The van der Waals surface area contributed by atoms with Crippen molar-refractivity contribution in [3.63, 3.8) is 0 Å². The maximum atomic E-state index is 13.4. The van der Waals surface area contributed by atoms with Crippen molar-refractivity contribution < 1.29 is 13.2 Å². The van der Waals surface area contributed by atoms with Gasteiger partial charge in [-0.05, 0) is 84.8 Å². The lowest BCUT2D eigenvalue weighted by atomic mass is 9.91. The van der Waals surface area contributed by atoms with E-state index in [1.165, 1.54) is 0 Å². The number of carbonyl (C=O) groups is 1. The Balaban J connectivity index is 1.08. The summed E-state index contributed by atoms with van der Waals surface area (Å²) in [6.45, 7) is 9.30. The Morgan fingerprint density at radius 3 is 2.28 bits per heavy atom. The highest BCUT2D eigenvalue weighted by atomic mass is 32.2. The van der Waals surface area contributed by atoms with Gasteiger partial charge in [-0.1, -0.05) is 80.9 Å². The second kappa shape index (κ2) is 12.7. The number of piperidine rings is 1. The number of aryl methyl sites for hydroxylation is 1. The van der Waals surface area contributed by atoms with Crippen LogP contribution in [0.3, 0.4) is 0 Å². The van der Waals surface area contributed by atoms with Gasteiger partial charge in [0.1, 0.15) is 5.82 Å². The van der Waals surface area contributed by atoms with E-state index in [0.29, 0.717) is 35.4 Å². The Hall–Kier alpha value is -4.47. The summed E-state index contributed by atoms with van der Waals surface area (Å²) in [6.07, 6.45) is 2.38. The first kappa shape index (κ1) is 31.5. The summed E-state index contributed by atoms with van der Waals surface area (Å²) < 4.78 is 30.2. The molecule has 0 saturated carbocycles. The van der Waals surface area contributed by atoms with E-state index in [9.17, 15) is 13.2 Å². The standard InChI is InChI=1S/C37H41N5O3S/c1-26-12-15-32(16-13-26)42-35(25-34(40-42)37(2,3)4)39-36(43)38-31-11-7-8-28(23-31)22-27-18-20-41(21-19-27)46(44,45)33-17-14-29-9-5-6-10-30(29)24-33/h5-17,23-25,27H,18-22H2,1-4H3,(H2,38,39,43). The van der Waals surface area contributed by atoms with E-state index in [4.69, 9.17) is 5.10 Å². The van der Waals surface area contributed by atoms with Crippen LogP contribution in [0.25, 0.3) is 16.5 Å². The third kappa shape index (κ3) is 7.00. The van der Waals surface area contributed by atoms with Crippen molar-refractivity contribution in [3.8, 4) is 5.69 Å². The van der Waals surface area contributed by atoms with E-state index in [1.54, 1.807) is 21.1 Å². The lowest BCUT2D eigenvalue weighted by Crippen LogP contribution is -2.38. The van der Waals surface area contributed by atoms with Gasteiger partial charge in [0.15, 0.2) is 0 Å². The monoisotopic (exact) mass is 635 g/mol. The summed E-state index contributed by atoms with van der Waals surface area (Å²) >= 11 is 0. The summed E-state index contributed by atoms with van der Waals surface area (Å²) in [6, 6.07) is 30.6. The number of anilines is 2. The molecule has 0 unspecified atom stereocenters. The minimum atomic E-state index is -3.55. The van der Waals surface area contributed by atoms with Gasteiger partial charge in [-0.25, -0.2) is 17.9 Å². The lowest BCUT2D eigenvalue weighted by molar-refractivity contribution is 0.262. The van der Waals surface area contributed by atoms with Crippen LogP contribution in [0.1, 0.15) is 50.4 Å². The Morgan fingerprint density at radius 1 is 0.848 bits per heavy atom. The normalized spacial score (nSPS) is 14.8. The highest BCUT2D eigenvalue weighted by Crippen LogP contribution is 2.29. The topological polar surface area (TPSA) is 96.3 Å². The van der Waals surface area contributed by atoms with Crippen LogP contribution < -0.4 is 10.6 Å². The summed E-state index contributed by atoms with van der Waals surface area (Å²) in [5, 5.41) is 12.7. The number of urea groups is 1. The maximum Gasteiger partial charge on any atom is 0.324 e. The molecule has 0 radical (unpaired) electrons. The molecule has 0 spiro atoms. The molecular formula is C37H41N5O3S. The van der Waals surface area contributed by atoms with E-state index in [2.05, 4.69) is 37.5 Å². The molecule has 2 N–H and O–H groups in total. The number of amides is 2. The molecule has 1 aromatic heterocycles. The third-order valence-electron chi connectivity index (χ3n) is 8.64. The van der Waals surface area contributed by atoms with Gasteiger partial charge < -0.3 is 5.32 Å². The number of carbonyl (C=O) groups excluding carboxylic acids is 1. The van der Waals surface area contributed by atoms with Crippen molar-refractivity contribution in [1.82, 2.24) is 14.1 Å². The van der Waals surface area contributed by atoms with Crippen LogP contribution in [0.15, 0.2) is 102 Å². The van der Waals surface area contributed by atoms with Gasteiger partial charge in [0.2, 0.25) is 10.0 Å². The first-order valence-corrected chi connectivity index (χ1v) is 17.2. The predicted molar refractivity (Wildman–Crippen MR) is 185 cm³/mol. The molecule has 2 heterocycles. The lowest BCUT2D eigenvalue weighted by Gasteiger charge is -2.31. The molecular weight excluding hydrogens is 595 g/mol. The van der Waals surface area contributed by atoms with Crippen LogP contribution >= 0.6 is 0 Å². The van der Waals surface area contributed by atoms with E-state index in [-0.39, 0.29) is 11.4 Å². The molecule has 6 rings (SSSR count). The van der Waals surface area contributed by atoms with E-state index in [0.717, 1.165) is 52.5 Å². The smallest absolute Gasteiger partial charge is 0.308 e. The van der Waals surface area contributed by atoms with Crippen LogP contribution in [0.4, 0.5) is 16.3 Å². The van der Waals surface area contributed by atoms with Crippen LogP contribution in [0.5, 0.6) is 0 Å². The number of nitrogens with zero attached hydrogens (tertiary/aromatic N) is 3. The van der Waals surface area contributed by atoms with Crippen LogP contribution in [0.2, 0.25) is 0 Å². The van der Waals surface area contributed by atoms with Crippen molar-refractivity contribution in [2.24, 2.45) is 5.92 Å². The highest BCUT2D eigenvalue weighted by molar-refractivity contribution is 7.89. The van der Waals surface area contributed by atoms with E-state index < -0.39 is 10.0 Å². The predicted octanol–water partition coefficient (Wildman–Crippen LogP) is 7.92. The molecule has 1 aliphatic heterocycles. The molecule has 1 fully saturated rings. The Labute approximate surface area is 271 Å². The third-order valence-corrected chi connectivity index (χ3v) is 10.5. The zero-order valence-corrected chi connectivity index (χ0v) is 27.6. The van der Waals surface area contributed by atoms with Gasteiger partial charge in [-0.2, -0.15) is 9.40 Å². The first-order chi connectivity index (χ1) is 22.0. The van der Waals surface area contributed by atoms with Gasteiger partial charge in [-0.3, -0.25) is 5.32 Å². The molecule has 238 valence electrons. The summed E-state index contributed by atoms with van der Waals surface area (Å²) in [5.41, 5.74) is 4.51. The fourth-order valence-electron chi connectivity index (χ4n) is 5.94. The summed E-state index contributed by atoms with van der Waals surface area (Å²) in [7, 11) is -3.55. The second-order valence-electron chi connectivity index (χ2n) is 13.3. The number of sulfonamides is 1. The fraction of sp³-hybridized carbons (Fsp3) is 0.297. The number of hydrogen-bond acceptors (Lipinski definition) is 4. The largest absolute Gasteiger partial charge is 0.324 e. The number of nitrogens with one attached hydrogen (secondary N) is 2. The van der Waals surface area contributed by atoms with Crippen LogP contribution in [-0.4, -0.2) is 41.6 Å². The maximum absolute atomic E-state index is 13.4. The van der Waals surface area contributed by atoms with Crippen molar-refractivity contribution in [2.45, 2.75) is 57.3 Å². The average molecular weight is 636 g/mol. The summed E-state index contributed by atoms with van der Waals surface area (Å²) in [5.74, 6) is 0.944. The van der Waals surface area contributed by atoms with Gasteiger partial charge >= 0.3 is 6.03 Å². The van der Waals surface area contributed by atoms with Gasteiger partial charge in [-0.15, -0.1) is 0 Å². The van der Waals surface area contributed by atoms with Crippen LogP contribution in [-0.2, 0) is 21.9 Å². The zero-order chi connectivity index (χ0) is 32.5. The number of hydrogen-bond donors (Lipinski definition) is 2. The molecule has 1 aliphatic rings. The minimum Gasteiger partial charge on any atom is -0.308 e. The number of fused-ring (bicyclic) bond motifs is 1. The molecule has 2 amide bonds. The zero-order valence-electron chi connectivity index (χ0n) is 26.8. The number of aromatic nitrogens is 2. The Morgan fingerprint density at radius 2 is 1.57 bits per heavy atom. The SMILES string of the molecule is Cc1ccc(-n2nc(C(C)(C)C)cc2NC(=O)Nc2cccc(CC3CCN(S(=O)(=O)c4ccc5ccccc5c4)CC3)c2)cc1. The van der Waals surface area contributed by atoms with Gasteiger partial charge in [0.05, 0.1) is 16.3 Å². The Bertz CT molecular complexity index is 1970. The number of rotatable bonds is 7. The average Bonchev–Trinajstić information content (AvgIpc) is 3.46. The molecule has 9 heteroatoms.